The second kappa shape index (κ2) is 6.66. The molecule has 0 radical (unpaired) electrons. The number of carbonyl (C=O) groups is 1. The van der Waals surface area contributed by atoms with E-state index in [2.05, 4.69) is 0 Å². The first-order valence-electron chi connectivity index (χ1n) is 6.71. The van der Waals surface area contributed by atoms with Gasteiger partial charge in [-0.1, -0.05) is 0 Å². The molecule has 104 valence electrons. The first-order chi connectivity index (χ1) is 9.16. The van der Waals surface area contributed by atoms with E-state index in [0.717, 1.165) is 32.3 Å². The Morgan fingerprint density at radius 2 is 2.37 bits per heavy atom. The van der Waals surface area contributed by atoms with Crippen LogP contribution in [0.15, 0.2) is 18.2 Å². The Hall–Kier alpha value is -1.42. The molecule has 0 saturated carbocycles. The molecule has 0 amide bonds. The van der Waals surface area contributed by atoms with Crippen molar-refractivity contribution < 1.29 is 18.7 Å². The zero-order chi connectivity index (χ0) is 13.7. The Balaban J connectivity index is 1.76. The molecule has 3 nitrogen and oxygen atoms in total. The van der Waals surface area contributed by atoms with E-state index in [9.17, 15) is 9.18 Å². The molecule has 0 bridgehead atoms. The van der Waals surface area contributed by atoms with Crippen molar-refractivity contribution in [3.63, 3.8) is 0 Å². The molecular weight excluding hydrogens is 247 g/mol. The SMILES string of the molecule is CC(=O)c1ccc(OCCCC2CCCO2)cc1F. The van der Waals surface area contributed by atoms with Gasteiger partial charge in [0.05, 0.1) is 18.3 Å². The van der Waals surface area contributed by atoms with E-state index >= 15 is 0 Å². The van der Waals surface area contributed by atoms with Crippen LogP contribution in [0.25, 0.3) is 0 Å². The Morgan fingerprint density at radius 3 is 3.00 bits per heavy atom. The highest BCUT2D eigenvalue weighted by atomic mass is 19.1. The fourth-order valence-corrected chi connectivity index (χ4v) is 2.24. The van der Waals surface area contributed by atoms with Crippen molar-refractivity contribution >= 4 is 5.78 Å². The average Bonchev–Trinajstić information content (AvgIpc) is 2.87. The number of carbonyl (C=O) groups excluding carboxylic acids is 1. The summed E-state index contributed by atoms with van der Waals surface area (Å²) < 4.78 is 24.5. The topological polar surface area (TPSA) is 35.5 Å². The van der Waals surface area contributed by atoms with Crippen molar-refractivity contribution in [2.24, 2.45) is 0 Å². The minimum atomic E-state index is -0.524. The molecule has 1 unspecified atom stereocenters. The first-order valence-corrected chi connectivity index (χ1v) is 6.71. The molecule has 0 N–H and O–H groups in total. The molecule has 0 aromatic heterocycles. The van der Waals surface area contributed by atoms with Crippen molar-refractivity contribution in [1.29, 1.82) is 0 Å². The van der Waals surface area contributed by atoms with Crippen LogP contribution < -0.4 is 4.74 Å². The summed E-state index contributed by atoms with van der Waals surface area (Å²) >= 11 is 0. The number of hydrogen-bond donors (Lipinski definition) is 0. The number of ether oxygens (including phenoxy) is 2. The first kappa shape index (κ1) is 14.0. The van der Waals surface area contributed by atoms with Gasteiger partial charge in [0, 0.05) is 12.7 Å². The zero-order valence-electron chi connectivity index (χ0n) is 11.2. The summed E-state index contributed by atoms with van der Waals surface area (Å²) in [6.07, 6.45) is 4.50. The van der Waals surface area contributed by atoms with Crippen molar-refractivity contribution in [3.8, 4) is 5.75 Å². The molecule has 1 atom stereocenters. The van der Waals surface area contributed by atoms with Crippen LogP contribution in [0, 0.1) is 5.82 Å². The minimum absolute atomic E-state index is 0.103. The summed E-state index contributed by atoms with van der Waals surface area (Å²) in [5.41, 5.74) is 0.103. The van der Waals surface area contributed by atoms with Crippen LogP contribution in [0.1, 0.15) is 43.0 Å². The van der Waals surface area contributed by atoms with E-state index in [-0.39, 0.29) is 11.3 Å². The average molecular weight is 266 g/mol. The Morgan fingerprint density at radius 1 is 1.53 bits per heavy atom. The van der Waals surface area contributed by atoms with Crippen LogP contribution in [-0.4, -0.2) is 25.1 Å². The van der Waals surface area contributed by atoms with E-state index in [4.69, 9.17) is 9.47 Å². The maximum Gasteiger partial charge on any atom is 0.162 e. The Labute approximate surface area is 112 Å². The molecule has 1 fully saturated rings. The summed E-state index contributed by atoms with van der Waals surface area (Å²) in [4.78, 5) is 11.1. The standard InChI is InChI=1S/C15H19FO3/c1-11(17)14-7-6-13(10-15(14)16)19-9-3-5-12-4-2-8-18-12/h6-7,10,12H,2-5,8-9H2,1H3. The molecule has 4 heteroatoms. The van der Waals surface area contributed by atoms with Crippen molar-refractivity contribution in [2.75, 3.05) is 13.2 Å². The molecule has 1 aliphatic heterocycles. The Kier molecular flexibility index (Phi) is 4.91. The van der Waals surface area contributed by atoms with E-state index in [1.807, 2.05) is 0 Å². The minimum Gasteiger partial charge on any atom is -0.493 e. The van der Waals surface area contributed by atoms with Gasteiger partial charge in [-0.3, -0.25) is 4.79 Å². The van der Waals surface area contributed by atoms with E-state index in [0.29, 0.717) is 18.5 Å². The lowest BCUT2D eigenvalue weighted by molar-refractivity contribution is 0.0980. The fraction of sp³-hybridized carbons (Fsp3) is 0.533. The second-order valence-corrected chi connectivity index (χ2v) is 4.82. The van der Waals surface area contributed by atoms with E-state index in [1.54, 1.807) is 6.07 Å². The van der Waals surface area contributed by atoms with Gasteiger partial charge in [-0.15, -0.1) is 0 Å². The predicted molar refractivity (Wildman–Crippen MR) is 70.1 cm³/mol. The fourth-order valence-electron chi connectivity index (χ4n) is 2.24. The third kappa shape index (κ3) is 4.03. The van der Waals surface area contributed by atoms with Gasteiger partial charge in [0.15, 0.2) is 5.78 Å². The summed E-state index contributed by atoms with van der Waals surface area (Å²) in [7, 11) is 0. The van der Waals surface area contributed by atoms with Crippen LogP contribution in [0.4, 0.5) is 4.39 Å². The van der Waals surface area contributed by atoms with Gasteiger partial charge in [-0.25, -0.2) is 4.39 Å². The predicted octanol–water partition coefficient (Wildman–Crippen LogP) is 3.37. The van der Waals surface area contributed by atoms with Crippen molar-refractivity contribution in [3.05, 3.63) is 29.6 Å². The molecule has 0 spiro atoms. The maximum absolute atomic E-state index is 13.5. The smallest absolute Gasteiger partial charge is 0.162 e. The van der Waals surface area contributed by atoms with Gasteiger partial charge in [-0.05, 0) is 44.7 Å². The Bertz CT molecular complexity index is 439. The molecule has 1 heterocycles. The normalized spacial score (nSPS) is 18.5. The number of halogens is 1. The van der Waals surface area contributed by atoms with Crippen LogP contribution in [0.2, 0.25) is 0 Å². The zero-order valence-corrected chi connectivity index (χ0v) is 11.2. The largest absolute Gasteiger partial charge is 0.493 e. The lowest BCUT2D eigenvalue weighted by Gasteiger charge is -2.10. The van der Waals surface area contributed by atoms with E-state index in [1.165, 1.54) is 19.1 Å². The van der Waals surface area contributed by atoms with Crippen molar-refractivity contribution in [1.82, 2.24) is 0 Å². The number of rotatable bonds is 6. The lowest BCUT2D eigenvalue weighted by atomic mass is 10.1. The molecular formula is C15H19FO3. The second-order valence-electron chi connectivity index (χ2n) is 4.82. The van der Waals surface area contributed by atoms with Crippen LogP contribution in [0.5, 0.6) is 5.75 Å². The monoisotopic (exact) mass is 266 g/mol. The molecule has 19 heavy (non-hydrogen) atoms. The third-order valence-corrected chi connectivity index (χ3v) is 3.28. The van der Waals surface area contributed by atoms with Crippen LogP contribution in [0.3, 0.4) is 0 Å². The molecule has 1 aliphatic rings. The number of ketones is 1. The number of benzene rings is 1. The third-order valence-electron chi connectivity index (χ3n) is 3.28. The van der Waals surface area contributed by atoms with Crippen LogP contribution in [-0.2, 0) is 4.74 Å². The highest BCUT2D eigenvalue weighted by molar-refractivity contribution is 5.94. The number of hydrogen-bond acceptors (Lipinski definition) is 3. The van der Waals surface area contributed by atoms with Gasteiger partial charge in [0.2, 0.25) is 0 Å². The van der Waals surface area contributed by atoms with Crippen LogP contribution >= 0.6 is 0 Å². The summed E-state index contributed by atoms with van der Waals surface area (Å²) in [5.74, 6) is -0.332. The number of Topliss-reactive ketones (excluding diaryl/α,β-unsaturated/α-hetero) is 1. The summed E-state index contributed by atoms with van der Waals surface area (Å²) in [6.45, 7) is 2.75. The quantitative estimate of drug-likeness (QED) is 0.585. The van der Waals surface area contributed by atoms with Gasteiger partial charge in [0.1, 0.15) is 11.6 Å². The highest BCUT2D eigenvalue weighted by Gasteiger charge is 2.14. The van der Waals surface area contributed by atoms with Gasteiger partial charge in [0.25, 0.3) is 0 Å². The van der Waals surface area contributed by atoms with Crippen molar-refractivity contribution in [2.45, 2.75) is 38.7 Å². The van der Waals surface area contributed by atoms with Gasteiger partial charge in [-0.2, -0.15) is 0 Å². The molecule has 1 aromatic rings. The van der Waals surface area contributed by atoms with Gasteiger partial charge >= 0.3 is 0 Å². The maximum atomic E-state index is 13.5. The van der Waals surface area contributed by atoms with Gasteiger partial charge < -0.3 is 9.47 Å². The lowest BCUT2D eigenvalue weighted by Crippen LogP contribution is -2.08. The molecule has 0 aliphatic carbocycles. The molecule has 2 rings (SSSR count). The highest BCUT2D eigenvalue weighted by Crippen LogP contribution is 2.19. The summed E-state index contributed by atoms with van der Waals surface area (Å²) in [5, 5.41) is 0. The van der Waals surface area contributed by atoms with E-state index < -0.39 is 5.82 Å². The summed E-state index contributed by atoms with van der Waals surface area (Å²) in [6, 6.07) is 4.36. The molecule has 1 aromatic carbocycles. The molecule has 1 saturated heterocycles.